The molecule has 0 aromatic heterocycles. The Labute approximate surface area is 123 Å². The second-order valence-corrected chi connectivity index (χ2v) is 5.06. The van der Waals surface area contributed by atoms with Crippen molar-refractivity contribution in [2.24, 2.45) is 0 Å². The van der Waals surface area contributed by atoms with Gasteiger partial charge in [0, 0.05) is 30.9 Å². The maximum absolute atomic E-state index is 12.3. The van der Waals surface area contributed by atoms with Crippen molar-refractivity contribution in [1.82, 2.24) is 4.90 Å². The molecule has 1 aromatic carbocycles. The van der Waals surface area contributed by atoms with Crippen LogP contribution in [0.4, 0.5) is 11.4 Å². The lowest BCUT2D eigenvalue weighted by atomic mass is 10.1. The van der Waals surface area contributed by atoms with E-state index in [4.69, 9.17) is 4.74 Å². The number of hydrogen-bond acceptors (Lipinski definition) is 5. The molecule has 0 spiro atoms. The maximum atomic E-state index is 12.3. The maximum Gasteiger partial charge on any atom is 0.269 e. The van der Waals surface area contributed by atoms with E-state index in [2.05, 4.69) is 5.32 Å². The van der Waals surface area contributed by atoms with Crippen molar-refractivity contribution in [3.63, 3.8) is 0 Å². The summed E-state index contributed by atoms with van der Waals surface area (Å²) in [6, 6.07) is 4.18. The van der Waals surface area contributed by atoms with Crippen molar-refractivity contribution in [3.8, 4) is 0 Å². The van der Waals surface area contributed by atoms with Crippen LogP contribution in [0.5, 0.6) is 0 Å². The summed E-state index contributed by atoms with van der Waals surface area (Å²) in [4.78, 5) is 24.3. The zero-order valence-electron chi connectivity index (χ0n) is 12.2. The van der Waals surface area contributed by atoms with Gasteiger partial charge in [0.25, 0.3) is 5.69 Å². The molecule has 0 radical (unpaired) electrons. The number of rotatable bonds is 4. The van der Waals surface area contributed by atoms with Gasteiger partial charge in [-0.25, -0.2) is 0 Å². The van der Waals surface area contributed by atoms with Crippen LogP contribution >= 0.6 is 0 Å². The highest BCUT2D eigenvalue weighted by Crippen LogP contribution is 2.22. The summed E-state index contributed by atoms with van der Waals surface area (Å²) in [6.07, 6.45) is 0. The fourth-order valence-electron chi connectivity index (χ4n) is 2.28. The van der Waals surface area contributed by atoms with Gasteiger partial charge >= 0.3 is 0 Å². The van der Waals surface area contributed by atoms with E-state index in [1.54, 1.807) is 24.8 Å². The van der Waals surface area contributed by atoms with Crippen LogP contribution in [0.25, 0.3) is 0 Å². The van der Waals surface area contributed by atoms with Gasteiger partial charge in [0.2, 0.25) is 5.91 Å². The number of aryl methyl sites for hydroxylation is 1. The van der Waals surface area contributed by atoms with Gasteiger partial charge in [0.15, 0.2) is 0 Å². The SMILES string of the molecule is Cc1cc([N+](=O)[O-])ccc1NC(C)C(=O)N1CCOCC1. The number of nitro benzene ring substituents is 1. The molecular formula is C14H19N3O4. The van der Waals surface area contributed by atoms with Crippen molar-refractivity contribution < 1.29 is 14.5 Å². The van der Waals surface area contributed by atoms with Gasteiger partial charge in [0.1, 0.15) is 6.04 Å². The second kappa shape index (κ2) is 6.53. The number of anilines is 1. The van der Waals surface area contributed by atoms with Crippen LogP contribution in [0, 0.1) is 17.0 Å². The van der Waals surface area contributed by atoms with Gasteiger partial charge in [-0.3, -0.25) is 14.9 Å². The summed E-state index contributed by atoms with van der Waals surface area (Å²) in [5.41, 5.74) is 1.52. The van der Waals surface area contributed by atoms with Crippen LogP contribution in [0.1, 0.15) is 12.5 Å². The lowest BCUT2D eigenvalue weighted by Gasteiger charge is -2.30. The highest BCUT2D eigenvalue weighted by Gasteiger charge is 2.22. The minimum absolute atomic E-state index is 0.0102. The number of nitrogens with zero attached hydrogens (tertiary/aromatic N) is 2. The third-order valence-electron chi connectivity index (χ3n) is 3.49. The van der Waals surface area contributed by atoms with Gasteiger partial charge in [-0.05, 0) is 25.5 Å². The molecule has 0 bridgehead atoms. The van der Waals surface area contributed by atoms with Gasteiger partial charge in [-0.15, -0.1) is 0 Å². The summed E-state index contributed by atoms with van der Waals surface area (Å²) in [5, 5.41) is 13.8. The summed E-state index contributed by atoms with van der Waals surface area (Å²) in [5.74, 6) is 0.0102. The van der Waals surface area contributed by atoms with Crippen molar-refractivity contribution in [1.29, 1.82) is 0 Å². The van der Waals surface area contributed by atoms with E-state index in [9.17, 15) is 14.9 Å². The smallest absolute Gasteiger partial charge is 0.269 e. The van der Waals surface area contributed by atoms with E-state index in [1.807, 2.05) is 0 Å². The first kappa shape index (κ1) is 15.2. The molecular weight excluding hydrogens is 274 g/mol. The summed E-state index contributed by atoms with van der Waals surface area (Å²) in [6.45, 7) is 5.90. The Kier molecular flexibility index (Phi) is 4.74. The van der Waals surface area contributed by atoms with Crippen molar-refractivity contribution in [3.05, 3.63) is 33.9 Å². The Hall–Kier alpha value is -2.15. The number of nitro groups is 1. The largest absolute Gasteiger partial charge is 0.378 e. The first-order chi connectivity index (χ1) is 9.99. The van der Waals surface area contributed by atoms with Crippen LogP contribution in [-0.4, -0.2) is 48.1 Å². The number of amides is 1. The molecule has 0 aliphatic carbocycles. The Balaban J connectivity index is 2.03. The zero-order chi connectivity index (χ0) is 15.4. The molecule has 1 aliphatic heterocycles. The van der Waals surface area contributed by atoms with E-state index in [-0.39, 0.29) is 17.6 Å². The van der Waals surface area contributed by atoms with Crippen molar-refractivity contribution in [2.45, 2.75) is 19.9 Å². The Bertz CT molecular complexity index is 541. The highest BCUT2D eigenvalue weighted by molar-refractivity contribution is 5.84. The number of morpholine rings is 1. The number of hydrogen-bond donors (Lipinski definition) is 1. The standard InChI is InChI=1S/C14H19N3O4/c1-10-9-12(17(19)20)3-4-13(10)15-11(2)14(18)16-5-7-21-8-6-16/h3-4,9,11,15H,5-8H2,1-2H3. The molecule has 1 unspecified atom stereocenters. The molecule has 1 aromatic rings. The third-order valence-corrected chi connectivity index (χ3v) is 3.49. The van der Waals surface area contributed by atoms with E-state index >= 15 is 0 Å². The first-order valence-corrected chi connectivity index (χ1v) is 6.87. The Morgan fingerprint density at radius 2 is 2.10 bits per heavy atom. The predicted molar refractivity (Wildman–Crippen MR) is 78.3 cm³/mol. The van der Waals surface area contributed by atoms with Gasteiger partial charge in [-0.1, -0.05) is 0 Å². The number of non-ortho nitro benzene ring substituents is 1. The van der Waals surface area contributed by atoms with E-state index < -0.39 is 4.92 Å². The van der Waals surface area contributed by atoms with Crippen LogP contribution in [0.15, 0.2) is 18.2 Å². The summed E-state index contributed by atoms with van der Waals surface area (Å²) < 4.78 is 5.22. The number of ether oxygens (including phenoxy) is 1. The van der Waals surface area contributed by atoms with Crippen molar-refractivity contribution in [2.75, 3.05) is 31.6 Å². The normalized spacial score (nSPS) is 16.4. The lowest BCUT2D eigenvalue weighted by Crippen LogP contribution is -2.47. The number of carbonyl (C=O) groups excluding carboxylic acids is 1. The van der Waals surface area contributed by atoms with Crippen LogP contribution in [0.3, 0.4) is 0 Å². The summed E-state index contributed by atoms with van der Waals surface area (Å²) >= 11 is 0. The lowest BCUT2D eigenvalue weighted by molar-refractivity contribution is -0.384. The third kappa shape index (κ3) is 3.69. The molecule has 0 saturated carbocycles. The fourth-order valence-corrected chi connectivity index (χ4v) is 2.28. The molecule has 7 nitrogen and oxygen atoms in total. The van der Waals surface area contributed by atoms with Crippen LogP contribution < -0.4 is 5.32 Å². The molecule has 1 heterocycles. The monoisotopic (exact) mass is 293 g/mol. The van der Waals surface area contributed by atoms with Gasteiger partial charge in [0.05, 0.1) is 18.1 Å². The van der Waals surface area contributed by atoms with Crippen LogP contribution in [0.2, 0.25) is 0 Å². The Morgan fingerprint density at radius 1 is 1.43 bits per heavy atom. The van der Waals surface area contributed by atoms with E-state index in [1.165, 1.54) is 12.1 Å². The van der Waals surface area contributed by atoms with E-state index in [0.29, 0.717) is 26.3 Å². The second-order valence-electron chi connectivity index (χ2n) is 5.06. The van der Waals surface area contributed by atoms with Gasteiger partial charge in [-0.2, -0.15) is 0 Å². The molecule has 1 atom stereocenters. The topological polar surface area (TPSA) is 84.7 Å². The zero-order valence-corrected chi connectivity index (χ0v) is 12.2. The number of nitrogens with one attached hydrogen (secondary N) is 1. The average Bonchev–Trinajstić information content (AvgIpc) is 2.49. The number of carbonyl (C=O) groups is 1. The quantitative estimate of drug-likeness (QED) is 0.672. The Morgan fingerprint density at radius 3 is 2.67 bits per heavy atom. The molecule has 7 heteroatoms. The highest BCUT2D eigenvalue weighted by atomic mass is 16.6. The minimum Gasteiger partial charge on any atom is -0.378 e. The molecule has 1 saturated heterocycles. The van der Waals surface area contributed by atoms with Crippen LogP contribution in [-0.2, 0) is 9.53 Å². The van der Waals surface area contributed by atoms with E-state index in [0.717, 1.165) is 11.3 Å². The molecule has 114 valence electrons. The van der Waals surface area contributed by atoms with Gasteiger partial charge < -0.3 is 15.0 Å². The average molecular weight is 293 g/mol. The minimum atomic E-state index is -0.431. The molecule has 1 N–H and O–H groups in total. The molecule has 21 heavy (non-hydrogen) atoms. The molecule has 1 amide bonds. The fraction of sp³-hybridized carbons (Fsp3) is 0.500. The first-order valence-electron chi connectivity index (χ1n) is 6.87. The predicted octanol–water partition coefficient (Wildman–Crippen LogP) is 1.56. The molecule has 1 fully saturated rings. The molecule has 1 aliphatic rings. The molecule has 2 rings (SSSR count). The number of benzene rings is 1. The summed E-state index contributed by atoms with van der Waals surface area (Å²) in [7, 11) is 0. The van der Waals surface area contributed by atoms with Crippen molar-refractivity contribution >= 4 is 17.3 Å².